The van der Waals surface area contributed by atoms with Gasteiger partial charge in [-0.2, -0.15) is 0 Å². The van der Waals surface area contributed by atoms with E-state index in [0.717, 1.165) is 26.1 Å². The first-order valence-corrected chi connectivity index (χ1v) is 10.9. The Morgan fingerprint density at radius 3 is 2.70 bits per heavy atom. The fraction of sp³-hybridized carbons (Fsp3) is 0.480. The van der Waals surface area contributed by atoms with Crippen molar-refractivity contribution in [3.63, 3.8) is 0 Å². The van der Waals surface area contributed by atoms with E-state index in [1.54, 1.807) is 7.11 Å². The predicted octanol–water partition coefficient (Wildman–Crippen LogP) is 3.57. The Bertz CT molecular complexity index is 856. The molecule has 160 valence electrons. The van der Waals surface area contributed by atoms with Crippen LogP contribution in [-0.4, -0.2) is 55.2 Å². The molecule has 4 rings (SSSR count). The average Bonchev–Trinajstić information content (AvgIpc) is 3.35. The highest BCUT2D eigenvalue weighted by molar-refractivity contribution is 5.81. The molecule has 0 aromatic heterocycles. The summed E-state index contributed by atoms with van der Waals surface area (Å²) in [7, 11) is 1.67. The Morgan fingerprint density at radius 1 is 1.17 bits per heavy atom. The molecule has 0 aliphatic carbocycles. The third-order valence-corrected chi connectivity index (χ3v) is 6.39. The highest BCUT2D eigenvalue weighted by Gasteiger charge is 2.52. The maximum absolute atomic E-state index is 13.3. The van der Waals surface area contributed by atoms with Gasteiger partial charge >= 0.3 is 0 Å². The summed E-state index contributed by atoms with van der Waals surface area (Å²) in [4.78, 5) is 17.7. The molecule has 0 radical (unpaired) electrons. The van der Waals surface area contributed by atoms with E-state index in [9.17, 15) is 4.79 Å². The monoisotopic (exact) mass is 408 g/mol. The number of methoxy groups -OCH3 is 1. The van der Waals surface area contributed by atoms with Crippen LogP contribution in [0, 0.1) is 0 Å². The van der Waals surface area contributed by atoms with Gasteiger partial charge in [-0.25, -0.2) is 0 Å². The van der Waals surface area contributed by atoms with E-state index < -0.39 is 6.10 Å². The minimum absolute atomic E-state index is 0.0924. The van der Waals surface area contributed by atoms with Gasteiger partial charge in [0.05, 0.1) is 18.8 Å². The second-order valence-electron chi connectivity index (χ2n) is 8.35. The van der Waals surface area contributed by atoms with Crippen LogP contribution in [-0.2, 0) is 32.9 Å². The third kappa shape index (κ3) is 4.02. The minimum atomic E-state index is -0.405. The summed E-state index contributed by atoms with van der Waals surface area (Å²) >= 11 is 0. The van der Waals surface area contributed by atoms with Crippen LogP contribution in [0.2, 0.25) is 0 Å². The lowest BCUT2D eigenvalue weighted by molar-refractivity contribution is -0.141. The molecule has 2 atom stereocenters. The Hall–Kier alpha value is -2.21. The lowest BCUT2D eigenvalue weighted by Gasteiger charge is -2.35. The van der Waals surface area contributed by atoms with Gasteiger partial charge < -0.3 is 14.4 Å². The predicted molar refractivity (Wildman–Crippen MR) is 117 cm³/mol. The molecule has 2 aromatic rings. The van der Waals surface area contributed by atoms with Crippen LogP contribution in [0.3, 0.4) is 0 Å². The summed E-state index contributed by atoms with van der Waals surface area (Å²) in [5.74, 6) is 0.0924. The number of amides is 1. The summed E-state index contributed by atoms with van der Waals surface area (Å²) in [6, 6.07) is 19.2. The standard InChI is InChI=1S/C25H32N2O3/c1-3-13-26(14-15-29-2)24(28)23-16-25(19-30-23)22-12-8-7-11-21(22)18-27(25)17-20-9-5-4-6-10-20/h4-12,23H,3,13-19H2,1-2H3/t23-,25-/m1/s1. The number of carbonyl (C=O) groups excluding carboxylic acids is 1. The number of rotatable bonds is 8. The van der Waals surface area contributed by atoms with Gasteiger partial charge in [-0.05, 0) is 23.1 Å². The van der Waals surface area contributed by atoms with E-state index in [1.807, 2.05) is 11.0 Å². The van der Waals surface area contributed by atoms with Crippen molar-refractivity contribution in [1.29, 1.82) is 0 Å². The molecular weight excluding hydrogens is 376 g/mol. The molecule has 1 fully saturated rings. The Kier molecular flexibility index (Phi) is 6.52. The van der Waals surface area contributed by atoms with Crippen LogP contribution >= 0.6 is 0 Å². The van der Waals surface area contributed by atoms with Crippen molar-refractivity contribution in [3.05, 3.63) is 71.3 Å². The Morgan fingerprint density at radius 2 is 1.93 bits per heavy atom. The first kappa shape index (κ1) is 21.0. The largest absolute Gasteiger partial charge is 0.383 e. The van der Waals surface area contributed by atoms with E-state index in [2.05, 4.69) is 60.4 Å². The van der Waals surface area contributed by atoms with E-state index in [1.165, 1.54) is 16.7 Å². The van der Waals surface area contributed by atoms with Crippen LogP contribution in [0.25, 0.3) is 0 Å². The number of carbonyl (C=O) groups is 1. The molecule has 2 heterocycles. The number of hydrogen-bond donors (Lipinski definition) is 0. The smallest absolute Gasteiger partial charge is 0.251 e. The topological polar surface area (TPSA) is 42.0 Å². The normalized spacial score (nSPS) is 23.1. The van der Waals surface area contributed by atoms with Gasteiger partial charge in [-0.1, -0.05) is 61.5 Å². The molecule has 0 bridgehead atoms. The second kappa shape index (κ2) is 9.29. The molecule has 30 heavy (non-hydrogen) atoms. The van der Waals surface area contributed by atoms with Gasteiger partial charge in [-0.3, -0.25) is 9.69 Å². The van der Waals surface area contributed by atoms with Gasteiger partial charge in [0.1, 0.15) is 6.10 Å². The number of benzene rings is 2. The summed E-state index contributed by atoms with van der Waals surface area (Å²) in [6.07, 6.45) is 1.22. The maximum atomic E-state index is 13.3. The van der Waals surface area contributed by atoms with Crippen molar-refractivity contribution in [2.75, 3.05) is 33.4 Å². The molecule has 1 spiro atoms. The van der Waals surface area contributed by atoms with Gasteiger partial charge in [0.2, 0.25) is 0 Å². The van der Waals surface area contributed by atoms with E-state index in [-0.39, 0.29) is 11.4 Å². The summed E-state index contributed by atoms with van der Waals surface area (Å²) in [5.41, 5.74) is 3.70. The number of hydrogen-bond acceptors (Lipinski definition) is 4. The average molecular weight is 409 g/mol. The Balaban J connectivity index is 1.58. The SMILES string of the molecule is CCCN(CCOC)C(=O)[C@H]1C[C@@]2(CO1)c1ccccc1CN2Cc1ccccc1. The van der Waals surface area contributed by atoms with Crippen molar-refractivity contribution < 1.29 is 14.3 Å². The van der Waals surface area contributed by atoms with Crippen LogP contribution in [0.4, 0.5) is 0 Å². The quantitative estimate of drug-likeness (QED) is 0.670. The van der Waals surface area contributed by atoms with Gasteiger partial charge in [0.15, 0.2) is 0 Å². The zero-order valence-corrected chi connectivity index (χ0v) is 18.0. The zero-order valence-electron chi connectivity index (χ0n) is 18.0. The third-order valence-electron chi connectivity index (χ3n) is 6.39. The lowest BCUT2D eigenvalue weighted by atomic mass is 9.86. The highest BCUT2D eigenvalue weighted by atomic mass is 16.5. The van der Waals surface area contributed by atoms with E-state index >= 15 is 0 Å². The van der Waals surface area contributed by atoms with Crippen LogP contribution in [0.1, 0.15) is 36.5 Å². The van der Waals surface area contributed by atoms with Crippen molar-refractivity contribution in [1.82, 2.24) is 9.80 Å². The fourth-order valence-electron chi connectivity index (χ4n) is 4.89. The Labute approximate surface area is 179 Å². The molecule has 0 saturated carbocycles. The van der Waals surface area contributed by atoms with Crippen LogP contribution in [0.5, 0.6) is 0 Å². The number of nitrogens with zero attached hydrogens (tertiary/aromatic N) is 2. The molecule has 5 heteroatoms. The number of fused-ring (bicyclic) bond motifs is 2. The first-order chi connectivity index (χ1) is 14.7. The van der Waals surface area contributed by atoms with Crippen molar-refractivity contribution in [3.8, 4) is 0 Å². The first-order valence-electron chi connectivity index (χ1n) is 10.9. The molecule has 5 nitrogen and oxygen atoms in total. The minimum Gasteiger partial charge on any atom is -0.383 e. The lowest BCUT2D eigenvalue weighted by Crippen LogP contribution is -2.44. The molecule has 2 aliphatic heterocycles. The van der Waals surface area contributed by atoms with Gasteiger partial charge in [0, 0.05) is 39.7 Å². The molecular formula is C25H32N2O3. The summed E-state index contributed by atoms with van der Waals surface area (Å²) < 4.78 is 11.4. The van der Waals surface area contributed by atoms with Crippen molar-refractivity contribution >= 4 is 5.91 Å². The van der Waals surface area contributed by atoms with Crippen LogP contribution < -0.4 is 0 Å². The van der Waals surface area contributed by atoms with Crippen molar-refractivity contribution in [2.24, 2.45) is 0 Å². The van der Waals surface area contributed by atoms with Crippen LogP contribution in [0.15, 0.2) is 54.6 Å². The maximum Gasteiger partial charge on any atom is 0.251 e. The zero-order chi connectivity index (χ0) is 21.0. The van der Waals surface area contributed by atoms with Gasteiger partial charge in [0.25, 0.3) is 5.91 Å². The second-order valence-corrected chi connectivity index (χ2v) is 8.35. The molecule has 2 aliphatic rings. The van der Waals surface area contributed by atoms with Gasteiger partial charge in [-0.15, -0.1) is 0 Å². The molecule has 0 N–H and O–H groups in total. The molecule has 0 unspecified atom stereocenters. The van der Waals surface area contributed by atoms with E-state index in [0.29, 0.717) is 26.2 Å². The van der Waals surface area contributed by atoms with E-state index in [4.69, 9.17) is 9.47 Å². The fourth-order valence-corrected chi connectivity index (χ4v) is 4.89. The summed E-state index contributed by atoms with van der Waals surface area (Å²) in [6.45, 7) is 6.28. The molecule has 1 saturated heterocycles. The highest BCUT2D eigenvalue weighted by Crippen LogP contribution is 2.47. The summed E-state index contributed by atoms with van der Waals surface area (Å²) in [5, 5.41) is 0. The molecule has 2 aromatic carbocycles. The molecule has 1 amide bonds. The number of ether oxygens (including phenoxy) is 2. The van der Waals surface area contributed by atoms with Crippen molar-refractivity contribution in [2.45, 2.75) is 44.5 Å².